The first-order chi connectivity index (χ1) is 8.97. The monoisotopic (exact) mass is 257 g/mol. The molecular weight excluding hydrogens is 238 g/mol. The second kappa shape index (κ2) is 5.02. The summed E-state index contributed by atoms with van der Waals surface area (Å²) >= 11 is 0. The topological polar surface area (TPSA) is 64.9 Å². The average Bonchev–Trinajstić information content (AvgIpc) is 2.39. The number of amides is 1. The highest BCUT2D eigenvalue weighted by atomic mass is 16.1. The minimum absolute atomic E-state index is 0.0274. The fraction of sp³-hybridized carbons (Fsp3) is 0.467. The molecule has 1 aliphatic heterocycles. The van der Waals surface area contributed by atoms with Gasteiger partial charge in [0.1, 0.15) is 0 Å². The molecule has 1 aromatic carbocycles. The van der Waals surface area contributed by atoms with Crippen molar-refractivity contribution in [1.29, 1.82) is 5.26 Å². The minimum Gasteiger partial charge on any atom is -0.326 e. The van der Waals surface area contributed by atoms with E-state index in [2.05, 4.69) is 22.8 Å². The van der Waals surface area contributed by atoms with Crippen molar-refractivity contribution < 1.29 is 4.79 Å². The van der Waals surface area contributed by atoms with Crippen LogP contribution in [0.25, 0.3) is 0 Å². The SMILES string of the molecule is CNC(c1ccc2c(c1)CCC(=O)N2)C(C)(C)C#N. The van der Waals surface area contributed by atoms with Crippen LogP contribution < -0.4 is 10.6 Å². The third kappa shape index (κ3) is 2.61. The number of rotatable bonds is 3. The van der Waals surface area contributed by atoms with Crippen molar-refractivity contribution in [3.05, 3.63) is 29.3 Å². The van der Waals surface area contributed by atoms with Crippen molar-refractivity contribution in [3.8, 4) is 6.07 Å². The summed E-state index contributed by atoms with van der Waals surface area (Å²) in [7, 11) is 1.87. The lowest BCUT2D eigenvalue weighted by atomic mass is 9.81. The first kappa shape index (κ1) is 13.6. The maximum atomic E-state index is 11.3. The van der Waals surface area contributed by atoms with Crippen LogP contribution in [0.3, 0.4) is 0 Å². The normalized spacial score (nSPS) is 16.2. The van der Waals surface area contributed by atoms with Crippen molar-refractivity contribution in [1.82, 2.24) is 5.32 Å². The number of nitrogens with one attached hydrogen (secondary N) is 2. The van der Waals surface area contributed by atoms with Gasteiger partial charge in [-0.25, -0.2) is 0 Å². The predicted octanol–water partition coefficient (Wildman–Crippen LogP) is 2.38. The summed E-state index contributed by atoms with van der Waals surface area (Å²) in [6.07, 6.45) is 1.29. The lowest BCUT2D eigenvalue weighted by Gasteiger charge is -2.29. The Hall–Kier alpha value is -1.86. The fourth-order valence-corrected chi connectivity index (χ4v) is 2.59. The van der Waals surface area contributed by atoms with Gasteiger partial charge in [-0.05, 0) is 44.5 Å². The van der Waals surface area contributed by atoms with Crippen LogP contribution in [0.2, 0.25) is 0 Å². The smallest absolute Gasteiger partial charge is 0.224 e. The largest absolute Gasteiger partial charge is 0.326 e. The molecule has 0 spiro atoms. The van der Waals surface area contributed by atoms with E-state index >= 15 is 0 Å². The number of hydrogen-bond acceptors (Lipinski definition) is 3. The highest BCUT2D eigenvalue weighted by molar-refractivity contribution is 5.93. The lowest BCUT2D eigenvalue weighted by molar-refractivity contribution is -0.116. The van der Waals surface area contributed by atoms with Crippen LogP contribution in [0.1, 0.15) is 37.4 Å². The van der Waals surface area contributed by atoms with Crippen molar-refractivity contribution in [2.75, 3.05) is 12.4 Å². The van der Waals surface area contributed by atoms with E-state index in [1.807, 2.05) is 33.0 Å². The van der Waals surface area contributed by atoms with Crippen molar-refractivity contribution in [2.45, 2.75) is 32.7 Å². The maximum absolute atomic E-state index is 11.3. The number of anilines is 1. The second-order valence-electron chi connectivity index (χ2n) is 5.52. The van der Waals surface area contributed by atoms with Gasteiger partial charge in [0.25, 0.3) is 0 Å². The Balaban J connectivity index is 2.36. The molecule has 1 amide bonds. The molecule has 1 atom stereocenters. The van der Waals surface area contributed by atoms with Crippen LogP contribution in [0.15, 0.2) is 18.2 Å². The standard InChI is InChI=1S/C15H19N3O/c1-15(2,9-16)14(17-3)11-4-6-12-10(8-11)5-7-13(19)18-12/h4,6,8,14,17H,5,7H2,1-3H3,(H,18,19). The maximum Gasteiger partial charge on any atom is 0.224 e. The first-order valence-corrected chi connectivity index (χ1v) is 6.49. The van der Waals surface area contributed by atoms with Crippen LogP contribution in [0.4, 0.5) is 5.69 Å². The third-order valence-corrected chi connectivity index (χ3v) is 3.66. The Labute approximate surface area is 113 Å². The Kier molecular flexibility index (Phi) is 3.59. The van der Waals surface area contributed by atoms with Crippen LogP contribution in [0.5, 0.6) is 0 Å². The van der Waals surface area contributed by atoms with Crippen LogP contribution in [-0.4, -0.2) is 13.0 Å². The van der Waals surface area contributed by atoms with Crippen molar-refractivity contribution in [2.24, 2.45) is 5.41 Å². The molecule has 4 heteroatoms. The Morgan fingerprint density at radius 2 is 2.16 bits per heavy atom. The Morgan fingerprint density at radius 1 is 1.42 bits per heavy atom. The van der Waals surface area contributed by atoms with Gasteiger partial charge in [0, 0.05) is 12.1 Å². The van der Waals surface area contributed by atoms with E-state index in [9.17, 15) is 10.1 Å². The summed E-state index contributed by atoms with van der Waals surface area (Å²) in [5, 5.41) is 15.4. The van der Waals surface area contributed by atoms with Crippen LogP contribution >= 0.6 is 0 Å². The molecule has 1 unspecified atom stereocenters. The quantitative estimate of drug-likeness (QED) is 0.873. The van der Waals surface area contributed by atoms with E-state index in [4.69, 9.17) is 0 Å². The third-order valence-electron chi connectivity index (χ3n) is 3.66. The van der Waals surface area contributed by atoms with Crippen LogP contribution in [0, 0.1) is 16.7 Å². The zero-order chi connectivity index (χ0) is 14.0. The highest BCUT2D eigenvalue weighted by Gasteiger charge is 2.30. The molecular formula is C15H19N3O. The van der Waals surface area contributed by atoms with Gasteiger partial charge in [-0.15, -0.1) is 0 Å². The Bertz CT molecular complexity index is 543. The molecule has 19 heavy (non-hydrogen) atoms. The lowest BCUT2D eigenvalue weighted by Crippen LogP contribution is -2.31. The molecule has 4 nitrogen and oxygen atoms in total. The zero-order valence-electron chi connectivity index (χ0n) is 11.6. The van der Waals surface area contributed by atoms with E-state index < -0.39 is 5.41 Å². The van der Waals surface area contributed by atoms with E-state index in [0.717, 1.165) is 23.2 Å². The molecule has 2 N–H and O–H groups in total. The molecule has 1 aromatic rings. The number of carbonyl (C=O) groups is 1. The highest BCUT2D eigenvalue weighted by Crippen LogP contribution is 2.35. The van der Waals surface area contributed by atoms with Gasteiger partial charge >= 0.3 is 0 Å². The number of carbonyl (C=O) groups excluding carboxylic acids is 1. The summed E-state index contributed by atoms with van der Waals surface area (Å²) in [6.45, 7) is 3.85. The number of fused-ring (bicyclic) bond motifs is 1. The number of hydrogen-bond donors (Lipinski definition) is 2. The van der Waals surface area contributed by atoms with Gasteiger partial charge in [0.15, 0.2) is 0 Å². The van der Waals surface area contributed by atoms with E-state index in [0.29, 0.717) is 6.42 Å². The Morgan fingerprint density at radius 3 is 2.79 bits per heavy atom. The fourth-order valence-electron chi connectivity index (χ4n) is 2.59. The molecule has 100 valence electrons. The molecule has 1 aliphatic rings. The van der Waals surface area contributed by atoms with E-state index in [1.54, 1.807) is 0 Å². The summed E-state index contributed by atoms with van der Waals surface area (Å²) in [5.74, 6) is 0.0720. The minimum atomic E-state index is -0.485. The zero-order valence-corrected chi connectivity index (χ0v) is 11.6. The van der Waals surface area contributed by atoms with E-state index in [1.165, 1.54) is 0 Å². The molecule has 0 bridgehead atoms. The van der Waals surface area contributed by atoms with Crippen molar-refractivity contribution in [3.63, 3.8) is 0 Å². The number of nitriles is 1. The van der Waals surface area contributed by atoms with Crippen molar-refractivity contribution >= 4 is 11.6 Å². The molecule has 0 saturated carbocycles. The molecule has 2 rings (SSSR count). The predicted molar refractivity (Wildman–Crippen MR) is 74.6 cm³/mol. The first-order valence-electron chi connectivity index (χ1n) is 6.49. The van der Waals surface area contributed by atoms with Gasteiger partial charge in [-0.1, -0.05) is 12.1 Å². The van der Waals surface area contributed by atoms with Gasteiger partial charge in [-0.2, -0.15) is 5.26 Å². The summed E-state index contributed by atoms with van der Waals surface area (Å²) in [4.78, 5) is 11.3. The molecule has 0 radical (unpaired) electrons. The van der Waals surface area contributed by atoms with Gasteiger partial charge < -0.3 is 10.6 Å². The molecule has 0 fully saturated rings. The van der Waals surface area contributed by atoms with Gasteiger partial charge in [0.2, 0.25) is 5.91 Å². The van der Waals surface area contributed by atoms with E-state index in [-0.39, 0.29) is 11.9 Å². The van der Waals surface area contributed by atoms with Gasteiger partial charge in [-0.3, -0.25) is 4.79 Å². The number of aryl methyl sites for hydroxylation is 1. The van der Waals surface area contributed by atoms with Gasteiger partial charge in [0.05, 0.1) is 17.5 Å². The molecule has 0 aliphatic carbocycles. The molecule has 0 saturated heterocycles. The molecule has 0 aromatic heterocycles. The number of benzene rings is 1. The summed E-state index contributed by atoms with van der Waals surface area (Å²) in [6, 6.07) is 8.32. The van der Waals surface area contributed by atoms with Crippen LogP contribution in [-0.2, 0) is 11.2 Å². The summed E-state index contributed by atoms with van der Waals surface area (Å²) in [5.41, 5.74) is 2.64. The second-order valence-corrected chi connectivity index (χ2v) is 5.52. The summed E-state index contributed by atoms with van der Waals surface area (Å²) < 4.78 is 0. The number of nitrogens with zero attached hydrogens (tertiary/aromatic N) is 1. The average molecular weight is 257 g/mol. The molecule has 1 heterocycles.